The van der Waals surface area contributed by atoms with Crippen molar-refractivity contribution in [2.24, 2.45) is 5.92 Å². The van der Waals surface area contributed by atoms with Crippen LogP contribution in [0, 0.1) is 5.92 Å². The molecule has 2 aromatic rings. The summed E-state index contributed by atoms with van der Waals surface area (Å²) in [6, 6.07) is 7.46. The summed E-state index contributed by atoms with van der Waals surface area (Å²) >= 11 is 0. The molecule has 0 N–H and O–H groups in total. The number of aryl methyl sites for hydroxylation is 2. The van der Waals surface area contributed by atoms with E-state index in [0.29, 0.717) is 50.3 Å². The number of hydrogen-bond acceptors (Lipinski definition) is 7. The summed E-state index contributed by atoms with van der Waals surface area (Å²) in [5.74, 6) is -1.26. The van der Waals surface area contributed by atoms with E-state index in [2.05, 4.69) is 11.9 Å². The number of para-hydroxylation sites is 2. The molecule has 1 saturated heterocycles. The normalized spacial score (nSPS) is 14.2. The van der Waals surface area contributed by atoms with E-state index >= 15 is 0 Å². The zero-order valence-electron chi connectivity index (χ0n) is 20.0. The molecular weight excluding hydrogens is 438 g/mol. The van der Waals surface area contributed by atoms with Crippen LogP contribution in [0.4, 0.5) is 0 Å². The number of hydrogen-bond donors (Lipinski definition) is 0. The molecule has 0 radical (unpaired) electrons. The SMILES string of the molecule is CCCCn1c(=O)c(CCC(=O)OCC(=O)N2CCC(C(=O)OCC)CC2)nc2ccccc21. The van der Waals surface area contributed by atoms with E-state index in [1.165, 1.54) is 0 Å². The van der Waals surface area contributed by atoms with Crippen molar-refractivity contribution in [2.75, 3.05) is 26.3 Å². The van der Waals surface area contributed by atoms with Crippen LogP contribution in [0.1, 0.15) is 51.6 Å². The van der Waals surface area contributed by atoms with Crippen LogP contribution in [0.25, 0.3) is 11.0 Å². The Morgan fingerprint density at radius 2 is 1.82 bits per heavy atom. The van der Waals surface area contributed by atoms with E-state index in [9.17, 15) is 19.2 Å². The summed E-state index contributed by atoms with van der Waals surface area (Å²) in [4.78, 5) is 55.5. The van der Waals surface area contributed by atoms with Gasteiger partial charge < -0.3 is 18.9 Å². The van der Waals surface area contributed by atoms with Crippen molar-refractivity contribution >= 4 is 28.9 Å². The van der Waals surface area contributed by atoms with Gasteiger partial charge >= 0.3 is 11.9 Å². The lowest BCUT2D eigenvalue weighted by atomic mass is 9.97. The highest BCUT2D eigenvalue weighted by atomic mass is 16.5. The van der Waals surface area contributed by atoms with E-state index in [4.69, 9.17) is 9.47 Å². The molecule has 34 heavy (non-hydrogen) atoms. The predicted octanol–water partition coefficient (Wildman–Crippen LogP) is 2.47. The fourth-order valence-corrected chi connectivity index (χ4v) is 4.10. The number of carbonyl (C=O) groups excluding carboxylic acids is 3. The Morgan fingerprint density at radius 3 is 2.53 bits per heavy atom. The van der Waals surface area contributed by atoms with Gasteiger partial charge in [0.25, 0.3) is 11.5 Å². The highest BCUT2D eigenvalue weighted by Crippen LogP contribution is 2.19. The van der Waals surface area contributed by atoms with Gasteiger partial charge in [-0.1, -0.05) is 25.5 Å². The monoisotopic (exact) mass is 471 g/mol. The first-order valence-electron chi connectivity index (χ1n) is 12.0. The average Bonchev–Trinajstić information content (AvgIpc) is 2.85. The lowest BCUT2D eigenvalue weighted by Crippen LogP contribution is -2.42. The number of fused-ring (bicyclic) bond motifs is 1. The number of aromatic nitrogens is 2. The summed E-state index contributed by atoms with van der Waals surface area (Å²) in [6.07, 6.45) is 3.01. The van der Waals surface area contributed by atoms with Crippen molar-refractivity contribution in [1.82, 2.24) is 14.5 Å². The number of benzene rings is 1. The van der Waals surface area contributed by atoms with Gasteiger partial charge in [0.1, 0.15) is 5.69 Å². The van der Waals surface area contributed by atoms with E-state index in [0.717, 1.165) is 18.4 Å². The minimum atomic E-state index is -0.552. The van der Waals surface area contributed by atoms with Gasteiger partial charge in [-0.25, -0.2) is 4.98 Å². The maximum atomic E-state index is 12.9. The summed E-state index contributed by atoms with van der Waals surface area (Å²) < 4.78 is 11.9. The first-order valence-corrected chi connectivity index (χ1v) is 12.0. The molecule has 1 aromatic heterocycles. The van der Waals surface area contributed by atoms with Crippen molar-refractivity contribution in [2.45, 2.75) is 58.9 Å². The topological polar surface area (TPSA) is 108 Å². The molecule has 0 bridgehead atoms. The maximum Gasteiger partial charge on any atom is 0.309 e. The van der Waals surface area contributed by atoms with Crippen LogP contribution in [0.2, 0.25) is 0 Å². The molecule has 0 saturated carbocycles. The highest BCUT2D eigenvalue weighted by molar-refractivity contribution is 5.81. The van der Waals surface area contributed by atoms with Crippen molar-refractivity contribution in [3.05, 3.63) is 40.3 Å². The Balaban J connectivity index is 1.51. The van der Waals surface area contributed by atoms with E-state index in [-0.39, 0.29) is 42.8 Å². The van der Waals surface area contributed by atoms with Crippen LogP contribution in [-0.4, -0.2) is 58.6 Å². The van der Waals surface area contributed by atoms with Gasteiger partial charge in [0, 0.05) is 26.1 Å². The molecule has 1 fully saturated rings. The quantitative estimate of drug-likeness (QED) is 0.490. The summed E-state index contributed by atoms with van der Waals surface area (Å²) in [6.45, 7) is 5.27. The maximum absolute atomic E-state index is 12.9. The number of amides is 1. The largest absolute Gasteiger partial charge is 0.466 e. The molecule has 1 aromatic carbocycles. The van der Waals surface area contributed by atoms with Crippen LogP contribution in [-0.2, 0) is 36.8 Å². The fourth-order valence-electron chi connectivity index (χ4n) is 4.10. The number of ether oxygens (including phenoxy) is 2. The Labute approximate surface area is 199 Å². The lowest BCUT2D eigenvalue weighted by molar-refractivity contribution is -0.154. The third-order valence-corrected chi connectivity index (χ3v) is 6.05. The van der Waals surface area contributed by atoms with Gasteiger partial charge in [-0.15, -0.1) is 0 Å². The van der Waals surface area contributed by atoms with Crippen LogP contribution < -0.4 is 5.56 Å². The standard InChI is InChI=1S/C25H33N3O6/c1-3-5-14-28-21-9-7-6-8-19(21)26-20(24(28)31)10-11-23(30)34-17-22(29)27-15-12-18(13-16-27)25(32)33-4-2/h6-9,18H,3-5,10-17H2,1-2H3. The zero-order chi connectivity index (χ0) is 24.5. The van der Waals surface area contributed by atoms with Crippen LogP contribution >= 0.6 is 0 Å². The van der Waals surface area contributed by atoms with E-state index in [1.807, 2.05) is 24.3 Å². The van der Waals surface area contributed by atoms with Crippen LogP contribution in [0.3, 0.4) is 0 Å². The predicted molar refractivity (Wildman–Crippen MR) is 126 cm³/mol. The minimum Gasteiger partial charge on any atom is -0.466 e. The number of likely N-dealkylation sites (tertiary alicyclic amines) is 1. The summed E-state index contributed by atoms with van der Waals surface area (Å²) in [5, 5.41) is 0. The summed E-state index contributed by atoms with van der Waals surface area (Å²) in [5.41, 5.74) is 1.62. The molecule has 3 rings (SSSR count). The van der Waals surface area contributed by atoms with E-state index < -0.39 is 5.97 Å². The Kier molecular flexibility index (Phi) is 9.18. The number of rotatable bonds is 10. The molecule has 1 aliphatic heterocycles. The number of esters is 2. The molecule has 0 spiro atoms. The molecule has 9 heteroatoms. The lowest BCUT2D eigenvalue weighted by Gasteiger charge is -2.30. The first-order chi connectivity index (χ1) is 16.4. The van der Waals surface area contributed by atoms with Crippen molar-refractivity contribution in [3.8, 4) is 0 Å². The molecule has 9 nitrogen and oxygen atoms in total. The summed E-state index contributed by atoms with van der Waals surface area (Å²) in [7, 11) is 0. The van der Waals surface area contributed by atoms with Gasteiger partial charge in [0.15, 0.2) is 6.61 Å². The Bertz CT molecular complexity index is 1070. The molecule has 184 valence electrons. The van der Waals surface area contributed by atoms with Gasteiger partial charge in [0.2, 0.25) is 0 Å². The first kappa shape index (κ1) is 25.4. The number of piperidine rings is 1. The van der Waals surface area contributed by atoms with Gasteiger partial charge in [-0.2, -0.15) is 0 Å². The molecular formula is C25H33N3O6. The average molecular weight is 472 g/mol. The van der Waals surface area contributed by atoms with Gasteiger partial charge in [0.05, 0.1) is 30.0 Å². The van der Waals surface area contributed by atoms with Crippen molar-refractivity contribution < 1.29 is 23.9 Å². The number of unbranched alkanes of at least 4 members (excludes halogenated alkanes) is 1. The van der Waals surface area contributed by atoms with Gasteiger partial charge in [-0.3, -0.25) is 19.2 Å². The van der Waals surface area contributed by atoms with Crippen molar-refractivity contribution in [3.63, 3.8) is 0 Å². The second-order valence-electron chi connectivity index (χ2n) is 8.43. The molecule has 1 aliphatic rings. The highest BCUT2D eigenvalue weighted by Gasteiger charge is 2.28. The molecule has 2 heterocycles. The molecule has 0 aliphatic carbocycles. The van der Waals surface area contributed by atoms with Crippen molar-refractivity contribution in [1.29, 1.82) is 0 Å². The van der Waals surface area contributed by atoms with E-state index in [1.54, 1.807) is 16.4 Å². The third kappa shape index (κ3) is 6.42. The minimum absolute atomic E-state index is 0.0351. The van der Waals surface area contributed by atoms with Crippen LogP contribution in [0.15, 0.2) is 29.1 Å². The second kappa shape index (κ2) is 12.3. The molecule has 1 amide bonds. The zero-order valence-corrected chi connectivity index (χ0v) is 20.0. The smallest absolute Gasteiger partial charge is 0.309 e. The third-order valence-electron chi connectivity index (χ3n) is 6.05. The molecule has 0 atom stereocenters. The van der Waals surface area contributed by atoms with Gasteiger partial charge in [-0.05, 0) is 38.3 Å². The Morgan fingerprint density at radius 1 is 1.09 bits per heavy atom. The Hall–Kier alpha value is -3.23. The second-order valence-corrected chi connectivity index (χ2v) is 8.43. The molecule has 0 unspecified atom stereocenters. The fraction of sp³-hybridized carbons (Fsp3) is 0.560. The number of nitrogens with zero attached hydrogens (tertiary/aromatic N) is 3. The van der Waals surface area contributed by atoms with Crippen LogP contribution in [0.5, 0.6) is 0 Å². The number of carbonyl (C=O) groups is 3.